The van der Waals surface area contributed by atoms with Gasteiger partial charge in [0.15, 0.2) is 5.79 Å². The lowest BCUT2D eigenvalue weighted by molar-refractivity contribution is -0.141. The second kappa shape index (κ2) is 6.64. The highest BCUT2D eigenvalue weighted by atomic mass is 32.2. The van der Waals surface area contributed by atoms with Gasteiger partial charge >= 0.3 is 0 Å². The second-order valence-corrected chi connectivity index (χ2v) is 6.99. The Balaban J connectivity index is 1.71. The SMILES string of the molecule is CSC[C@H](NCc1c[nH]c2c(=O)[nH]cnc12)[C@@H]1COC(C)(C)O1. The van der Waals surface area contributed by atoms with Crippen LogP contribution in [0.1, 0.15) is 19.4 Å². The molecule has 0 amide bonds. The molecule has 0 aromatic carbocycles. The van der Waals surface area contributed by atoms with Crippen LogP contribution in [0.4, 0.5) is 0 Å². The summed E-state index contributed by atoms with van der Waals surface area (Å²) in [6.45, 7) is 5.05. The summed E-state index contributed by atoms with van der Waals surface area (Å²) in [5.41, 5.74) is 2.02. The first kappa shape index (κ1) is 16.5. The Morgan fingerprint density at radius 3 is 3.04 bits per heavy atom. The second-order valence-electron chi connectivity index (χ2n) is 6.08. The van der Waals surface area contributed by atoms with Crippen LogP contribution in [0, 0.1) is 0 Å². The molecule has 3 heterocycles. The van der Waals surface area contributed by atoms with Gasteiger partial charge in [-0.05, 0) is 20.1 Å². The molecule has 0 unspecified atom stereocenters. The Bertz CT molecular complexity index is 727. The molecule has 1 fully saturated rings. The van der Waals surface area contributed by atoms with Gasteiger partial charge in [0.2, 0.25) is 0 Å². The number of aromatic amines is 2. The van der Waals surface area contributed by atoms with Gasteiger partial charge in [-0.1, -0.05) is 0 Å². The van der Waals surface area contributed by atoms with Crippen LogP contribution in [0.25, 0.3) is 11.0 Å². The quantitative estimate of drug-likeness (QED) is 0.734. The Labute approximate surface area is 138 Å². The Kier molecular flexibility index (Phi) is 4.77. The van der Waals surface area contributed by atoms with Crippen LogP contribution in [-0.4, -0.2) is 51.5 Å². The largest absolute Gasteiger partial charge is 0.355 e. The number of rotatable bonds is 6. The lowest BCUT2D eigenvalue weighted by Gasteiger charge is -2.24. The van der Waals surface area contributed by atoms with E-state index in [0.29, 0.717) is 24.2 Å². The Hall–Kier alpha value is -1.35. The maximum absolute atomic E-state index is 11.7. The molecular formula is C15H22N4O3S. The molecule has 0 saturated carbocycles. The van der Waals surface area contributed by atoms with E-state index in [0.717, 1.165) is 11.3 Å². The third-order valence-corrected chi connectivity index (χ3v) is 4.62. The number of nitrogens with zero attached hydrogens (tertiary/aromatic N) is 1. The zero-order chi connectivity index (χ0) is 16.4. The number of nitrogens with one attached hydrogen (secondary N) is 3. The lowest BCUT2D eigenvalue weighted by Crippen LogP contribution is -2.43. The number of thioether (sulfide) groups is 1. The van der Waals surface area contributed by atoms with E-state index in [-0.39, 0.29) is 17.7 Å². The monoisotopic (exact) mass is 338 g/mol. The van der Waals surface area contributed by atoms with E-state index >= 15 is 0 Å². The van der Waals surface area contributed by atoms with Gasteiger partial charge in [-0.25, -0.2) is 4.98 Å². The van der Waals surface area contributed by atoms with Crippen molar-refractivity contribution < 1.29 is 9.47 Å². The van der Waals surface area contributed by atoms with Gasteiger partial charge in [-0.2, -0.15) is 11.8 Å². The first-order valence-corrected chi connectivity index (χ1v) is 8.97. The maximum Gasteiger partial charge on any atom is 0.275 e. The first-order chi connectivity index (χ1) is 11.0. The number of H-pyrrole nitrogens is 2. The minimum atomic E-state index is -0.529. The van der Waals surface area contributed by atoms with Crippen molar-refractivity contribution in [3.8, 4) is 0 Å². The molecule has 0 aliphatic carbocycles. The van der Waals surface area contributed by atoms with Gasteiger partial charge in [0.25, 0.3) is 5.56 Å². The summed E-state index contributed by atoms with van der Waals surface area (Å²) >= 11 is 1.76. The Morgan fingerprint density at radius 2 is 2.35 bits per heavy atom. The van der Waals surface area contributed by atoms with Crippen LogP contribution in [0.15, 0.2) is 17.3 Å². The summed E-state index contributed by atoms with van der Waals surface area (Å²) in [6.07, 6.45) is 5.34. The van der Waals surface area contributed by atoms with Gasteiger partial charge in [0.1, 0.15) is 11.6 Å². The third-order valence-electron chi connectivity index (χ3n) is 3.93. The number of hydrogen-bond acceptors (Lipinski definition) is 6. The number of aromatic nitrogens is 3. The van der Waals surface area contributed by atoms with E-state index in [4.69, 9.17) is 9.47 Å². The predicted molar refractivity (Wildman–Crippen MR) is 90.6 cm³/mol. The Morgan fingerprint density at radius 1 is 1.52 bits per heavy atom. The molecule has 7 nitrogen and oxygen atoms in total. The highest BCUT2D eigenvalue weighted by Gasteiger charge is 2.37. The van der Waals surface area contributed by atoms with Crippen LogP contribution < -0.4 is 10.9 Å². The highest BCUT2D eigenvalue weighted by Crippen LogP contribution is 2.25. The highest BCUT2D eigenvalue weighted by molar-refractivity contribution is 7.98. The molecule has 3 N–H and O–H groups in total. The molecule has 3 rings (SSSR count). The normalized spacial score (nSPS) is 21.8. The predicted octanol–water partition coefficient (Wildman–Crippen LogP) is 1.22. The summed E-state index contributed by atoms with van der Waals surface area (Å²) in [4.78, 5) is 21.5. The molecule has 0 spiro atoms. The lowest BCUT2D eigenvalue weighted by atomic mass is 10.2. The van der Waals surface area contributed by atoms with Crippen molar-refractivity contribution in [2.75, 3.05) is 18.6 Å². The smallest absolute Gasteiger partial charge is 0.275 e. The topological polar surface area (TPSA) is 92.0 Å². The molecule has 8 heteroatoms. The van der Waals surface area contributed by atoms with E-state index in [2.05, 4.69) is 26.5 Å². The number of ether oxygens (including phenoxy) is 2. The average molecular weight is 338 g/mol. The fraction of sp³-hybridized carbons (Fsp3) is 0.600. The molecule has 2 atom stereocenters. The zero-order valence-electron chi connectivity index (χ0n) is 13.5. The van der Waals surface area contributed by atoms with Crippen LogP contribution in [0.5, 0.6) is 0 Å². The van der Waals surface area contributed by atoms with E-state index in [1.54, 1.807) is 11.8 Å². The van der Waals surface area contributed by atoms with E-state index in [9.17, 15) is 4.79 Å². The number of hydrogen-bond donors (Lipinski definition) is 3. The summed E-state index contributed by atoms with van der Waals surface area (Å²) in [7, 11) is 0. The van der Waals surface area contributed by atoms with Crippen molar-refractivity contribution in [2.24, 2.45) is 0 Å². The molecule has 0 bridgehead atoms. The molecule has 1 saturated heterocycles. The number of fused-ring (bicyclic) bond motifs is 1. The van der Waals surface area contributed by atoms with Crippen LogP contribution in [-0.2, 0) is 16.0 Å². The third kappa shape index (κ3) is 3.60. The van der Waals surface area contributed by atoms with Gasteiger partial charge in [-0.15, -0.1) is 0 Å². The molecule has 126 valence electrons. The van der Waals surface area contributed by atoms with Crippen molar-refractivity contribution in [3.05, 3.63) is 28.4 Å². The summed E-state index contributed by atoms with van der Waals surface area (Å²) in [5, 5.41) is 3.52. The summed E-state index contributed by atoms with van der Waals surface area (Å²) in [6, 6.07) is 0.165. The van der Waals surface area contributed by atoms with Crippen molar-refractivity contribution >= 4 is 22.8 Å². The van der Waals surface area contributed by atoms with Gasteiger partial charge in [-0.3, -0.25) is 4.79 Å². The molecule has 2 aromatic heterocycles. The molecule has 1 aliphatic heterocycles. The van der Waals surface area contributed by atoms with Gasteiger partial charge < -0.3 is 24.8 Å². The maximum atomic E-state index is 11.7. The molecule has 1 aliphatic rings. The fourth-order valence-electron chi connectivity index (χ4n) is 2.77. The van der Waals surface area contributed by atoms with Crippen molar-refractivity contribution in [2.45, 2.75) is 38.3 Å². The van der Waals surface area contributed by atoms with E-state index in [1.165, 1.54) is 6.33 Å². The molecular weight excluding hydrogens is 316 g/mol. The minimum Gasteiger partial charge on any atom is -0.355 e. The average Bonchev–Trinajstić information content (AvgIpc) is 3.08. The van der Waals surface area contributed by atoms with E-state index < -0.39 is 5.79 Å². The van der Waals surface area contributed by atoms with Crippen molar-refractivity contribution in [1.82, 2.24) is 20.3 Å². The van der Waals surface area contributed by atoms with Gasteiger partial charge in [0.05, 0.1) is 18.5 Å². The van der Waals surface area contributed by atoms with Crippen LogP contribution in [0.3, 0.4) is 0 Å². The summed E-state index contributed by atoms with van der Waals surface area (Å²) in [5.74, 6) is 0.388. The summed E-state index contributed by atoms with van der Waals surface area (Å²) < 4.78 is 11.6. The standard InChI is InChI=1S/C15H22N4O3S/c1-15(2)21-6-11(22-15)10(7-23-3)16-4-9-5-17-13-12(9)18-8-19-14(13)20/h5,8,10-11,16-17H,4,6-7H2,1-3H3,(H,18,19,20)/t10-,11-/m0/s1. The van der Waals surface area contributed by atoms with Crippen molar-refractivity contribution in [3.63, 3.8) is 0 Å². The van der Waals surface area contributed by atoms with Crippen molar-refractivity contribution in [1.29, 1.82) is 0 Å². The fourth-order valence-corrected chi connectivity index (χ4v) is 3.46. The molecule has 0 radical (unpaired) electrons. The molecule has 23 heavy (non-hydrogen) atoms. The van der Waals surface area contributed by atoms with Crippen LogP contribution in [0.2, 0.25) is 0 Å². The molecule has 2 aromatic rings. The first-order valence-electron chi connectivity index (χ1n) is 7.58. The van der Waals surface area contributed by atoms with E-state index in [1.807, 2.05) is 20.0 Å². The van der Waals surface area contributed by atoms with Gasteiger partial charge in [0, 0.05) is 30.1 Å². The minimum absolute atomic E-state index is 0.0130. The zero-order valence-corrected chi connectivity index (χ0v) is 14.3. The van der Waals surface area contributed by atoms with Crippen LogP contribution >= 0.6 is 11.8 Å².